The van der Waals surface area contributed by atoms with Crippen LogP contribution in [0.1, 0.15) is 19.3 Å². The molecule has 1 saturated heterocycles. The molecule has 0 bridgehead atoms. The number of nitrogens with one attached hydrogen (secondary N) is 1. The van der Waals surface area contributed by atoms with Crippen LogP contribution in [0.5, 0.6) is 0 Å². The highest BCUT2D eigenvalue weighted by Crippen LogP contribution is 2.49. The molecule has 2 aliphatic heterocycles. The van der Waals surface area contributed by atoms with Crippen LogP contribution in [-0.2, 0) is 10.0 Å². The normalized spacial score (nSPS) is 36.7. The van der Waals surface area contributed by atoms with E-state index in [9.17, 15) is 8.42 Å². The maximum absolute atomic E-state index is 12.1. The van der Waals surface area contributed by atoms with Crippen molar-refractivity contribution in [3.05, 3.63) is 24.3 Å². The first-order valence-corrected chi connectivity index (χ1v) is 7.56. The zero-order valence-corrected chi connectivity index (χ0v) is 10.2. The van der Waals surface area contributed by atoms with Crippen LogP contribution in [0.2, 0.25) is 0 Å². The molecule has 1 N–H and O–H groups in total. The van der Waals surface area contributed by atoms with Crippen molar-refractivity contribution in [1.82, 2.24) is 4.72 Å². The minimum atomic E-state index is -3.30. The molecule has 2 unspecified atom stereocenters. The summed E-state index contributed by atoms with van der Waals surface area (Å²) in [7, 11) is -3.30. The van der Waals surface area contributed by atoms with Crippen molar-refractivity contribution in [1.29, 1.82) is 0 Å². The fourth-order valence-corrected chi connectivity index (χ4v) is 5.03. The van der Waals surface area contributed by atoms with Gasteiger partial charge in [0.1, 0.15) is 4.90 Å². The summed E-state index contributed by atoms with van der Waals surface area (Å²) in [6, 6.07) is 7.86. The Morgan fingerprint density at radius 1 is 1.24 bits per heavy atom. The minimum Gasteiger partial charge on any atom is -0.350 e. The molecule has 1 aliphatic carbocycles. The number of para-hydroxylation sites is 1. The van der Waals surface area contributed by atoms with Gasteiger partial charge in [0.05, 0.1) is 11.9 Å². The van der Waals surface area contributed by atoms with Crippen molar-refractivity contribution >= 4 is 15.7 Å². The lowest BCUT2D eigenvalue weighted by atomic mass is 9.87. The third kappa shape index (κ3) is 1.13. The van der Waals surface area contributed by atoms with Gasteiger partial charge in [0.2, 0.25) is 10.0 Å². The number of benzene rings is 1. The molecule has 0 amide bonds. The number of nitrogens with zero attached hydrogens (tertiary/aromatic N) is 1. The Kier molecular flexibility index (Phi) is 1.77. The molecule has 1 saturated carbocycles. The molecule has 2 fully saturated rings. The lowest BCUT2D eigenvalue weighted by molar-refractivity contribution is 0.218. The minimum absolute atomic E-state index is 0.00222. The number of anilines is 1. The second kappa shape index (κ2) is 3.03. The number of sulfonamides is 1. The third-order valence-corrected chi connectivity index (χ3v) is 5.78. The van der Waals surface area contributed by atoms with E-state index in [-0.39, 0.29) is 6.17 Å². The van der Waals surface area contributed by atoms with Gasteiger partial charge in [0, 0.05) is 12.0 Å². The Morgan fingerprint density at radius 2 is 2.06 bits per heavy atom. The first-order chi connectivity index (χ1) is 8.18. The summed E-state index contributed by atoms with van der Waals surface area (Å²) in [5.74, 6) is 0.512. The quantitative estimate of drug-likeness (QED) is 0.755. The molecule has 4 nitrogen and oxygen atoms in total. The monoisotopic (exact) mass is 250 g/mol. The van der Waals surface area contributed by atoms with E-state index in [1.165, 1.54) is 12.8 Å². The maximum atomic E-state index is 12.1. The van der Waals surface area contributed by atoms with Gasteiger partial charge in [-0.05, 0) is 25.0 Å². The lowest BCUT2D eigenvalue weighted by Crippen LogP contribution is -2.70. The molecule has 17 heavy (non-hydrogen) atoms. The maximum Gasteiger partial charge on any atom is 0.244 e. The van der Waals surface area contributed by atoms with E-state index in [0.29, 0.717) is 16.9 Å². The molecular weight excluding hydrogens is 236 g/mol. The van der Waals surface area contributed by atoms with E-state index < -0.39 is 10.0 Å². The Hall–Kier alpha value is -1.07. The molecule has 4 rings (SSSR count). The Labute approximate surface area is 101 Å². The van der Waals surface area contributed by atoms with Gasteiger partial charge in [-0.1, -0.05) is 18.6 Å². The highest BCUT2D eigenvalue weighted by Gasteiger charge is 2.55. The SMILES string of the molecule is O=S1(=O)N[C@H]2C3CCCC3N2c2ccccc21. The Balaban J connectivity index is 1.90. The third-order valence-electron chi connectivity index (χ3n) is 4.30. The first-order valence-electron chi connectivity index (χ1n) is 6.08. The van der Waals surface area contributed by atoms with Crippen LogP contribution in [0.3, 0.4) is 0 Å². The van der Waals surface area contributed by atoms with Crippen molar-refractivity contribution in [3.63, 3.8) is 0 Å². The van der Waals surface area contributed by atoms with Gasteiger partial charge in [0.15, 0.2) is 0 Å². The standard InChI is InChI=1S/C12H14N2O2S/c15-17(16)11-7-2-1-5-10(11)14-9-6-3-4-8(9)12(14)13-17/h1-2,5,7-9,12-13H,3-4,6H2/t8?,9?,12-/m1/s1. The Bertz CT molecular complexity index is 584. The smallest absolute Gasteiger partial charge is 0.244 e. The summed E-state index contributed by atoms with van der Waals surface area (Å²) in [6.07, 6.45) is 3.56. The highest BCUT2D eigenvalue weighted by molar-refractivity contribution is 7.89. The molecule has 0 radical (unpaired) electrons. The molecule has 0 aromatic heterocycles. The largest absolute Gasteiger partial charge is 0.350 e. The topological polar surface area (TPSA) is 49.4 Å². The highest BCUT2D eigenvalue weighted by atomic mass is 32.2. The van der Waals surface area contributed by atoms with E-state index in [2.05, 4.69) is 9.62 Å². The fraction of sp³-hybridized carbons (Fsp3) is 0.500. The molecular formula is C12H14N2O2S. The van der Waals surface area contributed by atoms with Gasteiger partial charge in [-0.25, -0.2) is 8.42 Å². The van der Waals surface area contributed by atoms with Gasteiger partial charge < -0.3 is 4.90 Å². The van der Waals surface area contributed by atoms with Crippen LogP contribution in [0.25, 0.3) is 0 Å². The fourth-order valence-electron chi connectivity index (χ4n) is 3.59. The molecule has 3 atom stereocenters. The zero-order chi connectivity index (χ0) is 11.6. The molecule has 3 aliphatic rings. The summed E-state index contributed by atoms with van der Waals surface area (Å²) in [6.45, 7) is 0. The summed E-state index contributed by atoms with van der Waals surface area (Å²) < 4.78 is 27.0. The summed E-state index contributed by atoms with van der Waals surface area (Å²) in [5, 5.41) is 0. The van der Waals surface area contributed by atoms with E-state index in [0.717, 1.165) is 12.1 Å². The van der Waals surface area contributed by atoms with Crippen LogP contribution >= 0.6 is 0 Å². The van der Waals surface area contributed by atoms with E-state index in [4.69, 9.17) is 0 Å². The average Bonchev–Trinajstić information content (AvgIpc) is 2.71. The molecule has 0 spiro atoms. The lowest BCUT2D eigenvalue weighted by Gasteiger charge is -2.56. The van der Waals surface area contributed by atoms with Crippen LogP contribution in [0, 0.1) is 5.92 Å². The van der Waals surface area contributed by atoms with Gasteiger partial charge in [-0.3, -0.25) is 0 Å². The van der Waals surface area contributed by atoms with Crippen LogP contribution < -0.4 is 9.62 Å². The van der Waals surface area contributed by atoms with E-state index in [1.54, 1.807) is 12.1 Å². The van der Waals surface area contributed by atoms with Crippen molar-refractivity contribution in [2.24, 2.45) is 5.92 Å². The van der Waals surface area contributed by atoms with Gasteiger partial charge in [-0.2, -0.15) is 4.72 Å². The predicted octanol–water partition coefficient (Wildman–Crippen LogP) is 1.29. The van der Waals surface area contributed by atoms with Crippen LogP contribution in [0.15, 0.2) is 29.2 Å². The molecule has 2 heterocycles. The first kappa shape index (κ1) is 9.91. The zero-order valence-electron chi connectivity index (χ0n) is 9.33. The number of fused-ring (bicyclic) bond motifs is 6. The van der Waals surface area contributed by atoms with Crippen molar-refractivity contribution in [2.45, 2.75) is 36.4 Å². The summed E-state index contributed by atoms with van der Waals surface area (Å²) >= 11 is 0. The van der Waals surface area contributed by atoms with E-state index >= 15 is 0 Å². The van der Waals surface area contributed by atoms with Crippen molar-refractivity contribution in [3.8, 4) is 0 Å². The second-order valence-electron chi connectivity index (χ2n) is 5.10. The molecule has 90 valence electrons. The predicted molar refractivity (Wildman–Crippen MR) is 64.2 cm³/mol. The average molecular weight is 250 g/mol. The number of hydrogen-bond donors (Lipinski definition) is 1. The number of rotatable bonds is 0. The summed E-state index contributed by atoms with van der Waals surface area (Å²) in [5.41, 5.74) is 0.888. The van der Waals surface area contributed by atoms with Crippen molar-refractivity contribution in [2.75, 3.05) is 4.90 Å². The van der Waals surface area contributed by atoms with Crippen LogP contribution in [0.4, 0.5) is 5.69 Å². The second-order valence-corrected chi connectivity index (χ2v) is 6.79. The molecule has 1 aromatic carbocycles. The van der Waals surface area contributed by atoms with Gasteiger partial charge in [-0.15, -0.1) is 0 Å². The van der Waals surface area contributed by atoms with Gasteiger partial charge in [0.25, 0.3) is 0 Å². The van der Waals surface area contributed by atoms with Crippen molar-refractivity contribution < 1.29 is 8.42 Å². The van der Waals surface area contributed by atoms with Gasteiger partial charge >= 0.3 is 0 Å². The summed E-state index contributed by atoms with van der Waals surface area (Å²) in [4.78, 5) is 2.69. The molecule has 5 heteroatoms. The number of hydrogen-bond acceptors (Lipinski definition) is 3. The van der Waals surface area contributed by atoms with Crippen LogP contribution in [-0.4, -0.2) is 20.6 Å². The molecule has 1 aromatic rings. The Morgan fingerprint density at radius 3 is 2.94 bits per heavy atom. The van der Waals surface area contributed by atoms with E-state index in [1.807, 2.05) is 12.1 Å².